The van der Waals surface area contributed by atoms with Crippen LogP contribution in [-0.4, -0.2) is 43.3 Å². The van der Waals surface area contributed by atoms with Crippen LogP contribution in [0.3, 0.4) is 0 Å². The molecule has 0 aliphatic carbocycles. The third kappa shape index (κ3) is 3.08. The molecule has 0 aromatic carbocycles. The lowest BCUT2D eigenvalue weighted by molar-refractivity contribution is -0.139. The van der Waals surface area contributed by atoms with E-state index in [1.165, 1.54) is 29.6 Å². The third-order valence-electron chi connectivity index (χ3n) is 4.69. The standard InChI is InChI=1S/C17H22N6O5/c1-5-9-11(15(25)28-6-2)10(20-16(26)19-9)7-23-8-18-13-12(23)14(24)22(4)17(27)21(13)3/h8-9H,5-7H2,1-4H3,(H2,19,20,26)/t9-/m0/s1. The summed E-state index contributed by atoms with van der Waals surface area (Å²) in [7, 11) is 2.90. The Morgan fingerprint density at radius 3 is 2.57 bits per heavy atom. The molecule has 0 saturated heterocycles. The molecule has 150 valence electrons. The number of aromatic nitrogens is 4. The van der Waals surface area contributed by atoms with Gasteiger partial charge in [-0.25, -0.2) is 19.4 Å². The number of nitrogens with zero attached hydrogens (tertiary/aromatic N) is 4. The number of nitrogens with one attached hydrogen (secondary N) is 2. The van der Waals surface area contributed by atoms with E-state index in [1.54, 1.807) is 6.92 Å². The highest BCUT2D eigenvalue weighted by atomic mass is 16.5. The number of hydrogen-bond acceptors (Lipinski definition) is 6. The minimum atomic E-state index is -0.540. The minimum absolute atomic E-state index is 0.0159. The highest BCUT2D eigenvalue weighted by Crippen LogP contribution is 2.19. The second-order valence-corrected chi connectivity index (χ2v) is 6.42. The van der Waals surface area contributed by atoms with Crippen LogP contribution in [0.4, 0.5) is 4.79 Å². The van der Waals surface area contributed by atoms with Crippen LogP contribution < -0.4 is 21.9 Å². The van der Waals surface area contributed by atoms with Crippen LogP contribution >= 0.6 is 0 Å². The number of hydrogen-bond donors (Lipinski definition) is 2. The van der Waals surface area contributed by atoms with Crippen LogP contribution in [0.2, 0.25) is 0 Å². The maximum atomic E-state index is 12.6. The van der Waals surface area contributed by atoms with Gasteiger partial charge in [-0.3, -0.25) is 13.9 Å². The fourth-order valence-electron chi connectivity index (χ4n) is 3.27. The van der Waals surface area contributed by atoms with Gasteiger partial charge in [-0.2, -0.15) is 0 Å². The predicted octanol–water partition coefficient (Wildman–Crippen LogP) is -0.658. The quantitative estimate of drug-likeness (QED) is 0.652. The number of allylic oxidation sites excluding steroid dienone is 1. The molecule has 0 saturated carbocycles. The normalized spacial score (nSPS) is 16.9. The van der Waals surface area contributed by atoms with Crippen molar-refractivity contribution >= 4 is 23.2 Å². The average molecular weight is 390 g/mol. The zero-order valence-corrected chi connectivity index (χ0v) is 16.1. The Labute approximate surface area is 159 Å². The summed E-state index contributed by atoms with van der Waals surface area (Å²) >= 11 is 0. The van der Waals surface area contributed by atoms with Crippen molar-refractivity contribution in [2.75, 3.05) is 6.61 Å². The van der Waals surface area contributed by atoms with E-state index >= 15 is 0 Å². The molecule has 28 heavy (non-hydrogen) atoms. The molecular formula is C17H22N6O5. The van der Waals surface area contributed by atoms with Crippen molar-refractivity contribution in [3.8, 4) is 0 Å². The largest absolute Gasteiger partial charge is 0.463 e. The van der Waals surface area contributed by atoms with Crippen LogP contribution in [0, 0.1) is 0 Å². The molecule has 2 aromatic heterocycles. The van der Waals surface area contributed by atoms with Crippen LogP contribution in [0.5, 0.6) is 0 Å². The summed E-state index contributed by atoms with van der Waals surface area (Å²) in [5.41, 5.74) is 0.0353. The minimum Gasteiger partial charge on any atom is -0.463 e. The van der Waals surface area contributed by atoms with Crippen LogP contribution in [-0.2, 0) is 30.2 Å². The van der Waals surface area contributed by atoms with Gasteiger partial charge in [0.05, 0.1) is 36.8 Å². The highest BCUT2D eigenvalue weighted by Gasteiger charge is 2.32. The number of carbonyl (C=O) groups excluding carboxylic acids is 2. The molecule has 11 nitrogen and oxygen atoms in total. The molecule has 0 unspecified atom stereocenters. The lowest BCUT2D eigenvalue weighted by atomic mass is 10.00. The summed E-state index contributed by atoms with van der Waals surface area (Å²) in [4.78, 5) is 53.4. The van der Waals surface area contributed by atoms with Gasteiger partial charge in [0, 0.05) is 14.1 Å². The van der Waals surface area contributed by atoms with E-state index in [9.17, 15) is 19.2 Å². The lowest BCUT2D eigenvalue weighted by Gasteiger charge is -2.28. The van der Waals surface area contributed by atoms with Gasteiger partial charge in [-0.05, 0) is 13.3 Å². The van der Waals surface area contributed by atoms with Gasteiger partial charge in [0.1, 0.15) is 0 Å². The molecular weight excluding hydrogens is 368 g/mol. The van der Waals surface area contributed by atoms with E-state index in [2.05, 4.69) is 15.6 Å². The molecule has 11 heteroatoms. The average Bonchev–Trinajstić information content (AvgIpc) is 3.07. The molecule has 0 bridgehead atoms. The van der Waals surface area contributed by atoms with Crippen molar-refractivity contribution in [2.24, 2.45) is 14.1 Å². The maximum Gasteiger partial charge on any atom is 0.337 e. The number of esters is 1. The van der Waals surface area contributed by atoms with Gasteiger partial charge in [-0.15, -0.1) is 0 Å². The van der Waals surface area contributed by atoms with Gasteiger partial charge in [0.25, 0.3) is 5.56 Å². The van der Waals surface area contributed by atoms with E-state index in [0.717, 1.165) is 4.57 Å². The Morgan fingerprint density at radius 1 is 1.21 bits per heavy atom. The number of rotatable bonds is 5. The summed E-state index contributed by atoms with van der Waals surface area (Å²) in [6.07, 6.45) is 1.89. The molecule has 0 fully saturated rings. The third-order valence-corrected chi connectivity index (χ3v) is 4.69. The Morgan fingerprint density at radius 2 is 1.93 bits per heavy atom. The smallest absolute Gasteiger partial charge is 0.337 e. The fraction of sp³-hybridized carbons (Fsp3) is 0.471. The Hall–Kier alpha value is -3.37. The van der Waals surface area contributed by atoms with Gasteiger partial charge in [0.2, 0.25) is 0 Å². The summed E-state index contributed by atoms with van der Waals surface area (Å²) in [6, 6.07) is -0.954. The summed E-state index contributed by atoms with van der Waals surface area (Å²) < 4.78 is 8.89. The molecule has 3 rings (SSSR count). The first-order valence-corrected chi connectivity index (χ1v) is 8.88. The van der Waals surface area contributed by atoms with Crippen molar-refractivity contribution in [1.82, 2.24) is 29.3 Å². The first kappa shape index (κ1) is 19.4. The van der Waals surface area contributed by atoms with Crippen molar-refractivity contribution < 1.29 is 14.3 Å². The van der Waals surface area contributed by atoms with Gasteiger partial charge in [-0.1, -0.05) is 6.92 Å². The van der Waals surface area contributed by atoms with Crippen LogP contribution in [0.1, 0.15) is 20.3 Å². The molecule has 1 aliphatic rings. The number of urea groups is 1. The topological polar surface area (TPSA) is 129 Å². The Balaban J connectivity index is 2.17. The molecule has 0 spiro atoms. The van der Waals surface area contributed by atoms with E-state index in [1.807, 2.05) is 6.92 Å². The first-order valence-electron chi connectivity index (χ1n) is 8.88. The predicted molar refractivity (Wildman–Crippen MR) is 99.6 cm³/mol. The van der Waals surface area contributed by atoms with Gasteiger partial charge in [0.15, 0.2) is 11.2 Å². The van der Waals surface area contributed by atoms with E-state index in [-0.39, 0.29) is 24.3 Å². The number of ether oxygens (including phenoxy) is 1. The van der Waals surface area contributed by atoms with Gasteiger partial charge >= 0.3 is 17.7 Å². The molecule has 1 aliphatic heterocycles. The second kappa shape index (κ2) is 7.33. The number of carbonyl (C=O) groups is 2. The molecule has 2 aromatic rings. The van der Waals surface area contributed by atoms with Gasteiger partial charge < -0.3 is 19.9 Å². The zero-order chi connectivity index (χ0) is 20.6. The highest BCUT2D eigenvalue weighted by molar-refractivity contribution is 5.94. The van der Waals surface area contributed by atoms with Crippen molar-refractivity contribution in [3.63, 3.8) is 0 Å². The van der Waals surface area contributed by atoms with E-state index in [0.29, 0.717) is 17.7 Å². The number of amides is 2. The van der Waals surface area contributed by atoms with Crippen molar-refractivity contribution in [1.29, 1.82) is 0 Å². The number of imidazole rings is 1. The molecule has 2 N–H and O–H groups in total. The zero-order valence-electron chi connectivity index (χ0n) is 16.1. The summed E-state index contributed by atoms with van der Waals surface area (Å²) in [5, 5.41) is 5.33. The lowest BCUT2D eigenvalue weighted by Crippen LogP contribution is -2.51. The fourth-order valence-corrected chi connectivity index (χ4v) is 3.27. The van der Waals surface area contributed by atoms with E-state index < -0.39 is 29.3 Å². The maximum absolute atomic E-state index is 12.6. The van der Waals surface area contributed by atoms with Crippen molar-refractivity contribution in [3.05, 3.63) is 38.4 Å². The molecule has 3 heterocycles. The van der Waals surface area contributed by atoms with Crippen LogP contribution in [0.15, 0.2) is 27.2 Å². The monoisotopic (exact) mass is 390 g/mol. The second-order valence-electron chi connectivity index (χ2n) is 6.42. The summed E-state index contributed by atoms with van der Waals surface area (Å²) in [5.74, 6) is -0.540. The molecule has 2 amide bonds. The van der Waals surface area contributed by atoms with Crippen molar-refractivity contribution in [2.45, 2.75) is 32.9 Å². The van der Waals surface area contributed by atoms with E-state index in [4.69, 9.17) is 4.74 Å². The first-order chi connectivity index (χ1) is 13.3. The SMILES string of the molecule is CCOC(=O)C1=C(Cn2cnc3c2c(=O)n(C)c(=O)n3C)NC(=O)N[C@H]1CC. The van der Waals surface area contributed by atoms with Crippen LogP contribution in [0.25, 0.3) is 11.2 Å². The molecule has 1 atom stereocenters. The Bertz CT molecular complexity index is 1110. The Kier molecular flexibility index (Phi) is 5.08. The molecule has 0 radical (unpaired) electrons. The number of aryl methyl sites for hydroxylation is 1. The summed E-state index contributed by atoms with van der Waals surface area (Å²) in [6.45, 7) is 3.74. The number of fused-ring (bicyclic) bond motifs is 1.